The maximum absolute atomic E-state index is 6.08. The standard InChI is InChI=1S/C13H15BrCl2O3/c1-17-4-5-18-13-9(14)7-12(13)19-11-3-2-8(15)6-10(11)16/h2-3,6,9,12-13H,4-5,7H2,1H3. The van der Waals surface area contributed by atoms with Gasteiger partial charge in [-0.05, 0) is 18.2 Å². The highest BCUT2D eigenvalue weighted by Gasteiger charge is 2.42. The molecule has 0 N–H and O–H groups in total. The Morgan fingerprint density at radius 1 is 1.32 bits per heavy atom. The fourth-order valence-corrected chi connectivity index (χ4v) is 3.17. The molecule has 19 heavy (non-hydrogen) atoms. The van der Waals surface area contributed by atoms with E-state index in [4.69, 9.17) is 37.4 Å². The molecule has 3 atom stereocenters. The van der Waals surface area contributed by atoms with Crippen LogP contribution in [0.2, 0.25) is 10.0 Å². The third kappa shape index (κ3) is 3.99. The molecule has 0 bridgehead atoms. The third-order valence-electron chi connectivity index (χ3n) is 2.95. The normalized spacial score (nSPS) is 26.0. The summed E-state index contributed by atoms with van der Waals surface area (Å²) in [5.41, 5.74) is 0. The van der Waals surface area contributed by atoms with Crippen LogP contribution in [-0.4, -0.2) is 37.4 Å². The Balaban J connectivity index is 1.91. The summed E-state index contributed by atoms with van der Waals surface area (Å²) < 4.78 is 16.5. The van der Waals surface area contributed by atoms with Crippen LogP contribution in [0.3, 0.4) is 0 Å². The van der Waals surface area contributed by atoms with Crippen LogP contribution in [0.15, 0.2) is 18.2 Å². The van der Waals surface area contributed by atoms with Gasteiger partial charge in [-0.2, -0.15) is 0 Å². The second kappa shape index (κ2) is 7.14. The van der Waals surface area contributed by atoms with Gasteiger partial charge in [-0.25, -0.2) is 0 Å². The molecule has 0 saturated heterocycles. The topological polar surface area (TPSA) is 27.7 Å². The Morgan fingerprint density at radius 2 is 2.11 bits per heavy atom. The maximum atomic E-state index is 6.08. The predicted octanol–water partition coefficient (Wildman–Crippen LogP) is 3.94. The van der Waals surface area contributed by atoms with Gasteiger partial charge in [-0.1, -0.05) is 39.1 Å². The fourth-order valence-electron chi connectivity index (χ4n) is 1.86. The molecule has 0 heterocycles. The molecule has 1 fully saturated rings. The number of methoxy groups -OCH3 is 1. The zero-order valence-corrected chi connectivity index (χ0v) is 13.5. The Labute approximate surface area is 131 Å². The van der Waals surface area contributed by atoms with Crippen LogP contribution in [0.25, 0.3) is 0 Å². The molecule has 0 radical (unpaired) electrons. The minimum Gasteiger partial charge on any atom is -0.486 e. The molecule has 3 unspecified atom stereocenters. The second-order valence-electron chi connectivity index (χ2n) is 4.31. The molecule has 1 saturated carbocycles. The first-order valence-electron chi connectivity index (χ1n) is 5.98. The lowest BCUT2D eigenvalue weighted by Crippen LogP contribution is -2.52. The molecule has 0 spiro atoms. The van der Waals surface area contributed by atoms with Gasteiger partial charge >= 0.3 is 0 Å². The zero-order valence-electron chi connectivity index (χ0n) is 10.4. The number of rotatable bonds is 6. The molecule has 2 rings (SSSR count). The van der Waals surface area contributed by atoms with Crippen LogP contribution in [-0.2, 0) is 9.47 Å². The Kier molecular flexibility index (Phi) is 5.78. The molecule has 1 aliphatic carbocycles. The van der Waals surface area contributed by atoms with E-state index in [0.717, 1.165) is 6.42 Å². The summed E-state index contributed by atoms with van der Waals surface area (Å²) in [5.74, 6) is 0.635. The summed E-state index contributed by atoms with van der Waals surface area (Å²) in [7, 11) is 1.65. The van der Waals surface area contributed by atoms with Crippen LogP contribution in [0.1, 0.15) is 6.42 Å². The Bertz CT molecular complexity index is 430. The van der Waals surface area contributed by atoms with E-state index in [1.807, 2.05) is 0 Å². The molecule has 3 nitrogen and oxygen atoms in total. The van der Waals surface area contributed by atoms with Crippen molar-refractivity contribution in [1.82, 2.24) is 0 Å². The molecule has 0 aliphatic heterocycles. The average Bonchev–Trinajstić information content (AvgIpc) is 2.37. The van der Waals surface area contributed by atoms with Crippen molar-refractivity contribution in [2.24, 2.45) is 0 Å². The largest absolute Gasteiger partial charge is 0.486 e. The molecule has 1 aromatic rings. The monoisotopic (exact) mass is 368 g/mol. The number of alkyl halides is 1. The maximum Gasteiger partial charge on any atom is 0.138 e. The van der Waals surface area contributed by atoms with Crippen molar-refractivity contribution in [2.75, 3.05) is 20.3 Å². The van der Waals surface area contributed by atoms with E-state index in [1.54, 1.807) is 25.3 Å². The van der Waals surface area contributed by atoms with Crippen molar-refractivity contribution in [3.05, 3.63) is 28.2 Å². The highest BCUT2D eigenvalue weighted by molar-refractivity contribution is 9.09. The van der Waals surface area contributed by atoms with Gasteiger partial charge in [-0.3, -0.25) is 0 Å². The molecular formula is C13H15BrCl2O3. The van der Waals surface area contributed by atoms with Crippen molar-refractivity contribution >= 4 is 39.1 Å². The van der Waals surface area contributed by atoms with E-state index in [-0.39, 0.29) is 12.2 Å². The van der Waals surface area contributed by atoms with Gasteiger partial charge in [0.25, 0.3) is 0 Å². The fraction of sp³-hybridized carbons (Fsp3) is 0.538. The van der Waals surface area contributed by atoms with Gasteiger partial charge in [0.2, 0.25) is 0 Å². The number of hydrogen-bond donors (Lipinski definition) is 0. The van der Waals surface area contributed by atoms with Gasteiger partial charge in [0.05, 0.1) is 18.2 Å². The molecule has 6 heteroatoms. The average molecular weight is 370 g/mol. The summed E-state index contributed by atoms with van der Waals surface area (Å²) >= 11 is 15.5. The lowest BCUT2D eigenvalue weighted by molar-refractivity contribution is -0.0865. The van der Waals surface area contributed by atoms with E-state index in [9.17, 15) is 0 Å². The van der Waals surface area contributed by atoms with Gasteiger partial charge in [-0.15, -0.1) is 0 Å². The molecular weight excluding hydrogens is 355 g/mol. The number of hydrogen-bond acceptors (Lipinski definition) is 3. The number of ether oxygens (including phenoxy) is 3. The lowest BCUT2D eigenvalue weighted by Gasteiger charge is -2.41. The highest BCUT2D eigenvalue weighted by atomic mass is 79.9. The summed E-state index contributed by atoms with van der Waals surface area (Å²) in [6.07, 6.45) is 0.901. The summed E-state index contributed by atoms with van der Waals surface area (Å²) in [6, 6.07) is 5.20. The highest BCUT2D eigenvalue weighted by Crippen LogP contribution is 2.36. The first-order valence-corrected chi connectivity index (χ1v) is 7.65. The minimum absolute atomic E-state index is 0.0000865. The first kappa shape index (κ1) is 15.4. The number of halogens is 3. The summed E-state index contributed by atoms with van der Waals surface area (Å²) in [6.45, 7) is 1.13. The van der Waals surface area contributed by atoms with Crippen LogP contribution in [0.5, 0.6) is 5.75 Å². The van der Waals surface area contributed by atoms with Crippen LogP contribution in [0, 0.1) is 0 Å². The second-order valence-corrected chi connectivity index (χ2v) is 6.33. The Hall–Kier alpha value is -0.000000000000000111. The van der Waals surface area contributed by atoms with E-state index in [1.165, 1.54) is 0 Å². The van der Waals surface area contributed by atoms with E-state index in [0.29, 0.717) is 33.8 Å². The van der Waals surface area contributed by atoms with E-state index < -0.39 is 0 Å². The SMILES string of the molecule is COCCOC1C(Br)CC1Oc1ccc(Cl)cc1Cl. The quantitative estimate of drug-likeness (QED) is 0.561. The Morgan fingerprint density at radius 3 is 2.74 bits per heavy atom. The van der Waals surface area contributed by atoms with Crippen LogP contribution in [0.4, 0.5) is 0 Å². The molecule has 1 aromatic carbocycles. The van der Waals surface area contributed by atoms with Crippen molar-refractivity contribution in [3.8, 4) is 5.75 Å². The number of benzene rings is 1. The lowest BCUT2D eigenvalue weighted by atomic mass is 9.91. The van der Waals surface area contributed by atoms with Crippen molar-refractivity contribution < 1.29 is 14.2 Å². The first-order chi connectivity index (χ1) is 9.11. The van der Waals surface area contributed by atoms with Crippen molar-refractivity contribution in [1.29, 1.82) is 0 Å². The summed E-state index contributed by atoms with van der Waals surface area (Å²) in [4.78, 5) is 0.306. The molecule has 0 aromatic heterocycles. The van der Waals surface area contributed by atoms with Crippen molar-refractivity contribution in [3.63, 3.8) is 0 Å². The van der Waals surface area contributed by atoms with Gasteiger partial charge in [0.15, 0.2) is 0 Å². The molecule has 0 amide bonds. The van der Waals surface area contributed by atoms with Crippen molar-refractivity contribution in [2.45, 2.75) is 23.5 Å². The minimum atomic E-state index is -0.0000865. The molecule has 106 valence electrons. The van der Waals surface area contributed by atoms with Crippen LogP contribution >= 0.6 is 39.1 Å². The smallest absolute Gasteiger partial charge is 0.138 e. The predicted molar refractivity (Wildman–Crippen MR) is 79.8 cm³/mol. The zero-order chi connectivity index (χ0) is 13.8. The molecule has 1 aliphatic rings. The summed E-state index contributed by atoms with van der Waals surface area (Å²) in [5, 5.41) is 1.11. The third-order valence-corrected chi connectivity index (χ3v) is 4.38. The van der Waals surface area contributed by atoms with Gasteiger partial charge < -0.3 is 14.2 Å². The van der Waals surface area contributed by atoms with Gasteiger partial charge in [0.1, 0.15) is 18.0 Å². The van der Waals surface area contributed by atoms with Gasteiger partial charge in [0, 0.05) is 23.4 Å². The van der Waals surface area contributed by atoms with E-state index >= 15 is 0 Å². The van der Waals surface area contributed by atoms with E-state index in [2.05, 4.69) is 15.9 Å². The van der Waals surface area contributed by atoms with Crippen LogP contribution < -0.4 is 4.74 Å².